The Bertz CT molecular complexity index is 1060. The van der Waals surface area contributed by atoms with Crippen LogP contribution in [0.4, 0.5) is 0 Å². The minimum atomic E-state index is -0.449. The van der Waals surface area contributed by atoms with Crippen LogP contribution in [0.15, 0.2) is 35.4 Å². The molecule has 0 bridgehead atoms. The number of Topliss-reactive ketones (excluding diaryl/α,β-unsaturated/α-hetero) is 1. The molecular weight excluding hydrogens is 364 g/mol. The molecule has 2 aromatic heterocycles. The van der Waals surface area contributed by atoms with Gasteiger partial charge < -0.3 is 4.74 Å². The zero-order valence-corrected chi connectivity index (χ0v) is 16.3. The van der Waals surface area contributed by atoms with Gasteiger partial charge in [0.15, 0.2) is 5.78 Å². The average molecular weight is 384 g/mol. The lowest BCUT2D eigenvalue weighted by Gasteiger charge is -2.07. The molecule has 0 unspecified atom stereocenters. The van der Waals surface area contributed by atoms with Crippen LogP contribution in [0.1, 0.15) is 40.6 Å². The van der Waals surface area contributed by atoms with Crippen LogP contribution < -0.4 is 10.3 Å². The molecule has 0 aliphatic rings. The number of fused-ring (bicyclic) bond motifs is 1. The number of thiophene rings is 1. The van der Waals surface area contributed by atoms with E-state index < -0.39 is 5.97 Å². The Morgan fingerprint density at radius 2 is 1.89 bits per heavy atom. The molecule has 140 valence electrons. The molecule has 1 aromatic carbocycles. The molecule has 3 rings (SSSR count). The smallest absolute Gasteiger partial charge is 0.312 e. The van der Waals surface area contributed by atoms with Gasteiger partial charge in [-0.1, -0.05) is 6.92 Å². The molecule has 0 fully saturated rings. The molecule has 0 radical (unpaired) electrons. The second kappa shape index (κ2) is 7.84. The second-order valence-corrected chi connectivity index (χ2v) is 7.43. The number of hydrogen-bond acceptors (Lipinski definition) is 6. The van der Waals surface area contributed by atoms with E-state index >= 15 is 0 Å². The minimum Gasteiger partial charge on any atom is -0.426 e. The van der Waals surface area contributed by atoms with Gasteiger partial charge in [0.2, 0.25) is 0 Å². The standard InChI is InChI=1S/C20H20N2O4S/c1-4-16(23)14-5-7-15(8-6-14)26-17(24)9-10-22-11-21-19-18(20(22)25)12(2)13(3)27-19/h5-8,11H,4,9-10H2,1-3H3. The maximum atomic E-state index is 12.6. The predicted molar refractivity (Wildman–Crippen MR) is 105 cm³/mol. The van der Waals surface area contributed by atoms with Crippen LogP contribution in [0, 0.1) is 13.8 Å². The first kappa shape index (κ1) is 19.0. The number of nitrogens with zero attached hydrogens (tertiary/aromatic N) is 2. The fraction of sp³-hybridized carbons (Fsp3) is 0.300. The van der Waals surface area contributed by atoms with E-state index in [1.807, 2.05) is 13.8 Å². The van der Waals surface area contributed by atoms with Gasteiger partial charge in [-0.15, -0.1) is 11.3 Å². The Balaban J connectivity index is 1.66. The van der Waals surface area contributed by atoms with Gasteiger partial charge in [0, 0.05) is 23.4 Å². The highest BCUT2D eigenvalue weighted by Crippen LogP contribution is 2.25. The maximum Gasteiger partial charge on any atom is 0.312 e. The van der Waals surface area contributed by atoms with E-state index in [1.165, 1.54) is 22.2 Å². The Morgan fingerprint density at radius 1 is 1.19 bits per heavy atom. The van der Waals surface area contributed by atoms with E-state index in [2.05, 4.69) is 4.98 Å². The van der Waals surface area contributed by atoms with Crippen LogP contribution in [0.3, 0.4) is 0 Å². The lowest BCUT2D eigenvalue weighted by molar-refractivity contribution is -0.134. The monoisotopic (exact) mass is 384 g/mol. The summed E-state index contributed by atoms with van der Waals surface area (Å²) in [5.41, 5.74) is 1.38. The molecule has 3 aromatic rings. The quantitative estimate of drug-likeness (QED) is 0.368. The number of ether oxygens (including phenoxy) is 1. The topological polar surface area (TPSA) is 78.3 Å². The Kier molecular flexibility index (Phi) is 5.51. The van der Waals surface area contributed by atoms with Gasteiger partial charge in [-0.2, -0.15) is 0 Å². The van der Waals surface area contributed by atoms with Crippen molar-refractivity contribution >= 4 is 33.3 Å². The molecule has 27 heavy (non-hydrogen) atoms. The number of ketones is 1. The van der Waals surface area contributed by atoms with Gasteiger partial charge in [-0.05, 0) is 43.7 Å². The molecule has 2 heterocycles. The minimum absolute atomic E-state index is 0.0362. The number of hydrogen-bond donors (Lipinski definition) is 0. The lowest BCUT2D eigenvalue weighted by atomic mass is 10.1. The molecule has 0 saturated heterocycles. The second-order valence-electron chi connectivity index (χ2n) is 6.23. The molecule has 6 nitrogen and oxygen atoms in total. The normalized spacial score (nSPS) is 10.9. The van der Waals surface area contributed by atoms with E-state index in [0.717, 1.165) is 15.3 Å². The first-order valence-corrected chi connectivity index (χ1v) is 9.51. The number of aromatic nitrogens is 2. The fourth-order valence-corrected chi connectivity index (χ4v) is 3.72. The van der Waals surface area contributed by atoms with Gasteiger partial charge in [-0.25, -0.2) is 4.98 Å². The van der Waals surface area contributed by atoms with Crippen molar-refractivity contribution < 1.29 is 14.3 Å². The summed E-state index contributed by atoms with van der Waals surface area (Å²) < 4.78 is 6.71. The zero-order chi connectivity index (χ0) is 19.6. The SMILES string of the molecule is CCC(=O)c1ccc(OC(=O)CCn2cnc3sc(C)c(C)c3c2=O)cc1. The third-order valence-corrected chi connectivity index (χ3v) is 5.56. The van der Waals surface area contributed by atoms with Crippen molar-refractivity contribution in [1.82, 2.24) is 9.55 Å². The molecule has 0 aliphatic carbocycles. The van der Waals surface area contributed by atoms with Crippen LogP contribution >= 0.6 is 11.3 Å². The summed E-state index contributed by atoms with van der Waals surface area (Å²) in [5, 5.41) is 0.615. The number of carbonyl (C=O) groups is 2. The summed E-state index contributed by atoms with van der Waals surface area (Å²) in [6.45, 7) is 5.86. The van der Waals surface area contributed by atoms with Gasteiger partial charge in [0.25, 0.3) is 5.56 Å². The zero-order valence-electron chi connectivity index (χ0n) is 15.4. The van der Waals surface area contributed by atoms with E-state index in [1.54, 1.807) is 31.2 Å². The Morgan fingerprint density at radius 3 is 2.56 bits per heavy atom. The van der Waals surface area contributed by atoms with Gasteiger partial charge >= 0.3 is 5.97 Å². The Hall–Kier alpha value is -2.80. The van der Waals surface area contributed by atoms with E-state index in [0.29, 0.717) is 23.1 Å². The predicted octanol–water partition coefficient (Wildman–Crippen LogP) is 3.66. The summed E-state index contributed by atoms with van der Waals surface area (Å²) in [5.74, 6) is -0.0400. The molecule has 0 saturated carbocycles. The van der Waals surface area contributed by atoms with Crippen molar-refractivity contribution in [1.29, 1.82) is 0 Å². The van der Waals surface area contributed by atoms with Crippen LogP contribution in [-0.2, 0) is 11.3 Å². The van der Waals surface area contributed by atoms with Crippen molar-refractivity contribution in [3.8, 4) is 5.75 Å². The van der Waals surface area contributed by atoms with Crippen molar-refractivity contribution in [3.05, 3.63) is 57.0 Å². The van der Waals surface area contributed by atoms with E-state index in [9.17, 15) is 14.4 Å². The summed E-state index contributed by atoms with van der Waals surface area (Å²) in [7, 11) is 0. The molecule has 0 aliphatic heterocycles. The van der Waals surface area contributed by atoms with Gasteiger partial charge in [0.05, 0.1) is 18.1 Å². The summed E-state index contributed by atoms with van der Waals surface area (Å²) >= 11 is 1.49. The average Bonchev–Trinajstić information content (AvgIpc) is 2.96. The summed E-state index contributed by atoms with van der Waals surface area (Å²) in [4.78, 5) is 42.4. The number of aryl methyl sites for hydroxylation is 3. The first-order chi connectivity index (χ1) is 12.9. The Labute approximate surface area is 160 Å². The number of benzene rings is 1. The third-order valence-electron chi connectivity index (χ3n) is 4.44. The number of carbonyl (C=O) groups excluding carboxylic acids is 2. The van der Waals surface area contributed by atoms with Crippen LogP contribution in [0.25, 0.3) is 10.2 Å². The van der Waals surface area contributed by atoms with E-state index in [4.69, 9.17) is 4.74 Å². The van der Waals surface area contributed by atoms with Crippen molar-refractivity contribution in [2.24, 2.45) is 0 Å². The first-order valence-electron chi connectivity index (χ1n) is 8.69. The largest absolute Gasteiger partial charge is 0.426 e. The van der Waals surface area contributed by atoms with Crippen LogP contribution in [0.5, 0.6) is 5.75 Å². The van der Waals surface area contributed by atoms with Crippen molar-refractivity contribution in [2.75, 3.05) is 0 Å². The lowest BCUT2D eigenvalue weighted by Crippen LogP contribution is -2.23. The molecule has 0 atom stereocenters. The van der Waals surface area contributed by atoms with E-state index in [-0.39, 0.29) is 24.3 Å². The van der Waals surface area contributed by atoms with Gasteiger partial charge in [0.1, 0.15) is 10.6 Å². The maximum absolute atomic E-state index is 12.6. The number of esters is 1. The molecule has 0 spiro atoms. The van der Waals surface area contributed by atoms with Crippen molar-refractivity contribution in [3.63, 3.8) is 0 Å². The van der Waals surface area contributed by atoms with Gasteiger partial charge in [-0.3, -0.25) is 19.0 Å². The third kappa shape index (κ3) is 3.98. The summed E-state index contributed by atoms with van der Waals surface area (Å²) in [6, 6.07) is 6.47. The highest BCUT2D eigenvalue weighted by molar-refractivity contribution is 7.18. The van der Waals surface area contributed by atoms with Crippen molar-refractivity contribution in [2.45, 2.75) is 40.2 Å². The number of rotatable bonds is 6. The molecule has 0 N–H and O–H groups in total. The van der Waals surface area contributed by atoms with Crippen LogP contribution in [0.2, 0.25) is 0 Å². The van der Waals surface area contributed by atoms with Crippen LogP contribution in [-0.4, -0.2) is 21.3 Å². The molecular formula is C20H20N2O4S. The highest BCUT2D eigenvalue weighted by atomic mass is 32.1. The fourth-order valence-electron chi connectivity index (χ4n) is 2.74. The highest BCUT2D eigenvalue weighted by Gasteiger charge is 2.13. The molecule has 0 amide bonds. The molecule has 7 heteroatoms. The summed E-state index contributed by atoms with van der Waals surface area (Å²) in [6.07, 6.45) is 1.94.